The Morgan fingerprint density at radius 3 is 2.68 bits per heavy atom. The molecule has 10 heteroatoms. The zero-order valence-electron chi connectivity index (χ0n) is 13.2. The lowest BCUT2D eigenvalue weighted by molar-refractivity contribution is 0.596. The lowest BCUT2D eigenvalue weighted by Gasteiger charge is -2.06. The summed E-state index contributed by atoms with van der Waals surface area (Å²) in [7, 11) is -3.28. The summed E-state index contributed by atoms with van der Waals surface area (Å²) in [4.78, 5) is 27.1. The number of fused-ring (bicyclic) bond motifs is 1. The average molecular weight is 380 g/mol. The van der Waals surface area contributed by atoms with Crippen LogP contribution in [0.25, 0.3) is 11.2 Å². The van der Waals surface area contributed by atoms with Crippen LogP contribution in [0.5, 0.6) is 0 Å². The summed E-state index contributed by atoms with van der Waals surface area (Å²) in [5.74, 6) is 0.129. The highest BCUT2D eigenvalue weighted by Gasteiger charge is 2.12. The predicted octanol–water partition coefficient (Wildman–Crippen LogP) is 1.77. The number of anilines is 1. The molecular weight excluding hydrogens is 366 g/mol. The topological polar surface area (TPSA) is 118 Å². The first-order valence-corrected chi connectivity index (χ1v) is 9.40. The van der Waals surface area contributed by atoms with E-state index in [-0.39, 0.29) is 28.2 Å². The number of rotatable bonds is 5. The van der Waals surface area contributed by atoms with Gasteiger partial charge in [0, 0.05) is 6.20 Å². The normalized spacial score (nSPS) is 11.6. The highest BCUT2D eigenvalue weighted by atomic mass is 35.5. The fourth-order valence-electron chi connectivity index (χ4n) is 2.11. The summed E-state index contributed by atoms with van der Waals surface area (Å²) < 4.78 is 23.5. The summed E-state index contributed by atoms with van der Waals surface area (Å²) in [6.07, 6.45) is 1.31. The van der Waals surface area contributed by atoms with E-state index in [1.165, 1.54) is 12.3 Å². The minimum atomic E-state index is -3.28. The fourth-order valence-corrected chi connectivity index (χ4v) is 3.08. The van der Waals surface area contributed by atoms with Gasteiger partial charge in [-0.25, -0.2) is 18.4 Å². The Morgan fingerprint density at radius 1 is 1.20 bits per heavy atom. The Hall–Kier alpha value is -2.52. The zero-order valence-corrected chi connectivity index (χ0v) is 14.7. The minimum Gasteiger partial charge on any atom is -0.360 e. The van der Waals surface area contributed by atoms with E-state index in [4.69, 9.17) is 11.6 Å². The molecule has 8 nitrogen and oxygen atoms in total. The van der Waals surface area contributed by atoms with Gasteiger partial charge in [-0.3, -0.25) is 9.78 Å². The molecular formula is C15H14ClN5O3S. The van der Waals surface area contributed by atoms with E-state index < -0.39 is 15.4 Å². The van der Waals surface area contributed by atoms with Crippen molar-refractivity contribution in [2.45, 2.75) is 18.4 Å². The number of pyridine rings is 2. The first-order chi connectivity index (χ1) is 11.9. The monoisotopic (exact) mass is 379 g/mol. The maximum absolute atomic E-state index is 12.0. The van der Waals surface area contributed by atoms with Crippen LogP contribution in [0.1, 0.15) is 12.6 Å². The van der Waals surface area contributed by atoms with Crippen LogP contribution in [-0.4, -0.2) is 34.1 Å². The van der Waals surface area contributed by atoms with E-state index in [2.05, 4.69) is 25.3 Å². The predicted molar refractivity (Wildman–Crippen MR) is 94.5 cm³/mol. The zero-order chi connectivity index (χ0) is 18.0. The molecule has 2 N–H and O–H groups in total. The number of aromatic amines is 1. The molecule has 0 saturated carbocycles. The standard InChI is InChI=1S/C15H14ClN5O3S/c1-2-25(23,24)10-4-3-9(17-8-10)7-18-14-15(22)21-13-11(19-14)5-6-12(16)20-13/h3-6,8H,2,7H2,1H3,(H,18,19)(H,20,21,22). The molecule has 0 aliphatic carbocycles. The number of nitrogens with one attached hydrogen (secondary N) is 2. The minimum absolute atomic E-state index is 0.0146. The van der Waals surface area contributed by atoms with E-state index >= 15 is 0 Å². The quantitative estimate of drug-likeness (QED) is 0.648. The Bertz CT molecular complexity index is 1080. The van der Waals surface area contributed by atoms with Gasteiger partial charge in [-0.2, -0.15) is 0 Å². The van der Waals surface area contributed by atoms with E-state index in [1.807, 2.05) is 0 Å². The maximum Gasteiger partial charge on any atom is 0.292 e. The lowest BCUT2D eigenvalue weighted by atomic mass is 10.3. The van der Waals surface area contributed by atoms with Crippen LogP contribution in [0.3, 0.4) is 0 Å². The molecule has 0 spiro atoms. The van der Waals surface area contributed by atoms with E-state index in [0.717, 1.165) is 0 Å². The van der Waals surface area contributed by atoms with Crippen molar-refractivity contribution in [3.63, 3.8) is 0 Å². The van der Waals surface area contributed by atoms with Gasteiger partial charge < -0.3 is 10.3 Å². The van der Waals surface area contributed by atoms with Crippen molar-refractivity contribution in [3.8, 4) is 0 Å². The van der Waals surface area contributed by atoms with E-state index in [0.29, 0.717) is 16.9 Å². The van der Waals surface area contributed by atoms with Crippen molar-refractivity contribution < 1.29 is 8.42 Å². The SMILES string of the molecule is CCS(=O)(=O)c1ccc(CNc2nc3ccc(Cl)nc3[nH]c2=O)nc1. The van der Waals surface area contributed by atoms with Gasteiger partial charge in [-0.15, -0.1) is 0 Å². The Kier molecular flexibility index (Phi) is 4.69. The van der Waals surface area contributed by atoms with Crippen LogP contribution in [-0.2, 0) is 16.4 Å². The third-order valence-corrected chi connectivity index (χ3v) is 5.42. The van der Waals surface area contributed by atoms with Gasteiger partial charge in [0.05, 0.1) is 22.9 Å². The second-order valence-corrected chi connectivity index (χ2v) is 7.82. The maximum atomic E-state index is 12.0. The molecule has 0 bridgehead atoms. The van der Waals surface area contributed by atoms with Gasteiger partial charge in [-0.1, -0.05) is 18.5 Å². The number of hydrogen-bond donors (Lipinski definition) is 2. The average Bonchev–Trinajstić information content (AvgIpc) is 2.60. The molecule has 0 amide bonds. The van der Waals surface area contributed by atoms with Gasteiger partial charge in [0.2, 0.25) is 0 Å². The van der Waals surface area contributed by atoms with Crippen molar-refractivity contribution in [1.29, 1.82) is 0 Å². The summed E-state index contributed by atoms with van der Waals surface area (Å²) in [5, 5.41) is 3.14. The van der Waals surface area contributed by atoms with Crippen molar-refractivity contribution in [2.75, 3.05) is 11.1 Å². The number of halogens is 1. The Morgan fingerprint density at radius 2 is 2.00 bits per heavy atom. The first kappa shape index (κ1) is 17.3. The smallest absolute Gasteiger partial charge is 0.292 e. The number of H-pyrrole nitrogens is 1. The molecule has 0 fully saturated rings. The van der Waals surface area contributed by atoms with Crippen LogP contribution in [0, 0.1) is 0 Å². The van der Waals surface area contributed by atoms with Crippen molar-refractivity contribution >= 4 is 38.4 Å². The van der Waals surface area contributed by atoms with Gasteiger partial charge in [0.25, 0.3) is 5.56 Å². The third kappa shape index (κ3) is 3.77. The molecule has 0 saturated heterocycles. The second-order valence-electron chi connectivity index (χ2n) is 5.16. The van der Waals surface area contributed by atoms with Crippen LogP contribution >= 0.6 is 11.6 Å². The molecule has 3 rings (SSSR count). The Labute approximate surface area is 148 Å². The van der Waals surface area contributed by atoms with Crippen LogP contribution in [0.4, 0.5) is 5.82 Å². The lowest BCUT2D eigenvalue weighted by Crippen LogP contribution is -2.17. The van der Waals surface area contributed by atoms with E-state index in [1.54, 1.807) is 25.1 Å². The summed E-state index contributed by atoms with van der Waals surface area (Å²) >= 11 is 5.78. The van der Waals surface area contributed by atoms with Crippen LogP contribution in [0.15, 0.2) is 40.2 Å². The third-order valence-electron chi connectivity index (χ3n) is 3.49. The molecule has 0 radical (unpaired) electrons. The molecule has 0 unspecified atom stereocenters. The Balaban J connectivity index is 1.80. The number of sulfone groups is 1. The molecule has 3 aromatic heterocycles. The molecule has 3 heterocycles. The number of nitrogens with zero attached hydrogens (tertiary/aromatic N) is 3. The number of hydrogen-bond acceptors (Lipinski definition) is 7. The van der Waals surface area contributed by atoms with Crippen molar-refractivity contribution in [1.82, 2.24) is 19.9 Å². The van der Waals surface area contributed by atoms with E-state index in [9.17, 15) is 13.2 Å². The number of aromatic nitrogens is 4. The summed E-state index contributed by atoms with van der Waals surface area (Å²) in [5.41, 5.74) is 0.928. The second kappa shape index (κ2) is 6.77. The molecule has 0 aliphatic heterocycles. The fraction of sp³-hybridized carbons (Fsp3) is 0.200. The summed E-state index contributed by atoms with van der Waals surface area (Å²) in [6.45, 7) is 1.79. The molecule has 130 valence electrons. The molecule has 3 aromatic rings. The van der Waals surface area contributed by atoms with Crippen LogP contribution in [0.2, 0.25) is 5.15 Å². The molecule has 0 aliphatic rings. The highest BCUT2D eigenvalue weighted by Crippen LogP contribution is 2.13. The first-order valence-electron chi connectivity index (χ1n) is 7.37. The molecule has 25 heavy (non-hydrogen) atoms. The van der Waals surface area contributed by atoms with Crippen molar-refractivity contribution in [3.05, 3.63) is 51.7 Å². The molecule has 0 aromatic carbocycles. The largest absolute Gasteiger partial charge is 0.360 e. The van der Waals surface area contributed by atoms with Gasteiger partial charge in [0.1, 0.15) is 10.7 Å². The van der Waals surface area contributed by atoms with Gasteiger partial charge >= 0.3 is 0 Å². The van der Waals surface area contributed by atoms with Crippen LogP contribution < -0.4 is 10.9 Å². The summed E-state index contributed by atoms with van der Waals surface area (Å²) in [6, 6.07) is 6.31. The molecule has 0 atom stereocenters. The highest BCUT2D eigenvalue weighted by molar-refractivity contribution is 7.91. The van der Waals surface area contributed by atoms with Crippen molar-refractivity contribution in [2.24, 2.45) is 0 Å². The van der Waals surface area contributed by atoms with Gasteiger partial charge in [-0.05, 0) is 24.3 Å². The van der Waals surface area contributed by atoms with Gasteiger partial charge in [0.15, 0.2) is 21.3 Å².